The van der Waals surface area contributed by atoms with Crippen molar-refractivity contribution in [2.24, 2.45) is 7.05 Å². The van der Waals surface area contributed by atoms with Crippen molar-refractivity contribution in [3.8, 4) is 0 Å². The largest absolute Gasteiger partial charge is 0.417 e. The van der Waals surface area contributed by atoms with Gasteiger partial charge in [0.15, 0.2) is 0 Å². The number of carbonyl (C=O) groups excluding carboxylic acids is 1. The number of halogens is 4. The van der Waals surface area contributed by atoms with Gasteiger partial charge in [-0.25, -0.2) is 0 Å². The van der Waals surface area contributed by atoms with E-state index in [2.05, 4.69) is 0 Å². The van der Waals surface area contributed by atoms with E-state index in [4.69, 9.17) is 11.6 Å². The lowest BCUT2D eigenvalue weighted by molar-refractivity contribution is -0.138. The number of alkyl halides is 4. The molecule has 1 aromatic rings. The molecule has 1 heterocycles. The van der Waals surface area contributed by atoms with Crippen molar-refractivity contribution >= 4 is 23.2 Å². The van der Waals surface area contributed by atoms with Crippen molar-refractivity contribution in [2.75, 3.05) is 11.2 Å². The van der Waals surface area contributed by atoms with E-state index in [1.165, 1.54) is 0 Å². The molecule has 4 nitrogen and oxygen atoms in total. The summed E-state index contributed by atoms with van der Waals surface area (Å²) in [4.78, 5) is 22.4. The van der Waals surface area contributed by atoms with E-state index in [0.717, 1.165) is 11.6 Å². The molecule has 94 valence electrons. The summed E-state index contributed by atoms with van der Waals surface area (Å²) in [5, 5.41) is 2.01. The van der Waals surface area contributed by atoms with Crippen LogP contribution in [0.5, 0.6) is 0 Å². The van der Waals surface area contributed by atoms with Gasteiger partial charge in [-0.2, -0.15) is 13.2 Å². The highest BCUT2D eigenvalue weighted by molar-refractivity contribution is 6.29. The van der Waals surface area contributed by atoms with Crippen LogP contribution in [0.15, 0.2) is 17.1 Å². The van der Waals surface area contributed by atoms with Crippen LogP contribution in [0.1, 0.15) is 5.56 Å². The highest BCUT2D eigenvalue weighted by Crippen LogP contribution is 2.29. The highest BCUT2D eigenvalue weighted by atomic mass is 35.5. The van der Waals surface area contributed by atoms with Gasteiger partial charge in [0, 0.05) is 13.2 Å². The molecule has 0 aliphatic rings. The van der Waals surface area contributed by atoms with Crippen LogP contribution in [0.4, 0.5) is 18.9 Å². The van der Waals surface area contributed by atoms with E-state index in [1.807, 2.05) is 5.32 Å². The van der Waals surface area contributed by atoms with Crippen LogP contribution in [-0.2, 0) is 18.0 Å². The lowest BCUT2D eigenvalue weighted by atomic mass is 10.2. The molecule has 8 heteroatoms. The van der Waals surface area contributed by atoms with Gasteiger partial charge in [-0.3, -0.25) is 9.59 Å². The summed E-state index contributed by atoms with van der Waals surface area (Å²) in [5.41, 5.74) is -2.21. The topological polar surface area (TPSA) is 51.1 Å². The predicted octanol–water partition coefficient (Wildman–Crippen LogP) is 1.58. The molecule has 1 rings (SSSR count). The zero-order valence-electron chi connectivity index (χ0n) is 8.64. The molecule has 0 spiro atoms. The third-order valence-corrected chi connectivity index (χ3v) is 2.15. The third kappa shape index (κ3) is 3.23. The van der Waals surface area contributed by atoms with Crippen LogP contribution in [0.3, 0.4) is 0 Å². The molecule has 0 saturated heterocycles. The van der Waals surface area contributed by atoms with E-state index < -0.39 is 34.8 Å². The Bertz CT molecular complexity index is 496. The second-order valence-electron chi connectivity index (χ2n) is 3.24. The van der Waals surface area contributed by atoms with Crippen LogP contribution in [0.2, 0.25) is 0 Å². The van der Waals surface area contributed by atoms with Gasteiger partial charge in [-0.1, -0.05) is 0 Å². The number of nitrogens with one attached hydrogen (secondary N) is 1. The Kier molecular flexibility index (Phi) is 3.82. The summed E-state index contributed by atoms with van der Waals surface area (Å²) in [6, 6.07) is 0.576. The van der Waals surface area contributed by atoms with Crippen molar-refractivity contribution in [1.82, 2.24) is 4.57 Å². The fraction of sp³-hybridized carbons (Fsp3) is 0.333. The number of rotatable bonds is 2. The van der Waals surface area contributed by atoms with Crippen molar-refractivity contribution in [2.45, 2.75) is 6.18 Å². The van der Waals surface area contributed by atoms with Crippen LogP contribution in [-0.4, -0.2) is 16.4 Å². The van der Waals surface area contributed by atoms with Gasteiger partial charge in [0.1, 0.15) is 11.6 Å². The van der Waals surface area contributed by atoms with E-state index in [0.29, 0.717) is 12.3 Å². The van der Waals surface area contributed by atoms with Crippen LogP contribution < -0.4 is 10.9 Å². The van der Waals surface area contributed by atoms with Crippen molar-refractivity contribution < 1.29 is 18.0 Å². The first-order chi connectivity index (χ1) is 7.75. The second kappa shape index (κ2) is 4.79. The zero-order chi connectivity index (χ0) is 13.2. The maximum Gasteiger partial charge on any atom is 0.417 e. The quantitative estimate of drug-likeness (QED) is 0.828. The maximum absolute atomic E-state index is 12.4. The number of nitrogens with zero attached hydrogens (tertiary/aromatic N) is 1. The minimum Gasteiger partial charge on any atom is -0.320 e. The van der Waals surface area contributed by atoms with Crippen molar-refractivity contribution in [3.63, 3.8) is 0 Å². The molecule has 0 unspecified atom stereocenters. The molecule has 0 bridgehead atoms. The molecule has 17 heavy (non-hydrogen) atoms. The first-order valence-corrected chi connectivity index (χ1v) is 4.93. The minimum atomic E-state index is -4.59. The number of amides is 1. The molecule has 0 aliphatic heterocycles. The van der Waals surface area contributed by atoms with Gasteiger partial charge in [0.25, 0.3) is 5.56 Å². The molecular weight excluding hydrogens is 261 g/mol. The van der Waals surface area contributed by atoms with Crippen LogP contribution >= 0.6 is 11.6 Å². The Morgan fingerprint density at radius 2 is 2.12 bits per heavy atom. The molecule has 1 N–H and O–H groups in total. The lowest BCUT2D eigenvalue weighted by Gasteiger charge is -2.11. The summed E-state index contributed by atoms with van der Waals surface area (Å²) in [6.07, 6.45) is -3.94. The lowest BCUT2D eigenvalue weighted by Crippen LogP contribution is -2.26. The SMILES string of the molecule is Cn1cc(C(F)(F)F)cc(NC(=O)CCl)c1=O. The number of anilines is 1. The Balaban J connectivity index is 3.26. The van der Waals surface area contributed by atoms with Crippen molar-refractivity contribution in [3.05, 3.63) is 28.2 Å². The van der Waals surface area contributed by atoms with Gasteiger partial charge < -0.3 is 9.88 Å². The van der Waals surface area contributed by atoms with Gasteiger partial charge >= 0.3 is 6.18 Å². The molecule has 0 aromatic carbocycles. The number of hydrogen-bond donors (Lipinski definition) is 1. The molecule has 1 amide bonds. The van der Waals surface area contributed by atoms with E-state index in [9.17, 15) is 22.8 Å². The van der Waals surface area contributed by atoms with E-state index >= 15 is 0 Å². The zero-order valence-corrected chi connectivity index (χ0v) is 9.39. The maximum atomic E-state index is 12.4. The molecular formula is C9H8ClF3N2O2. The first kappa shape index (κ1) is 13.6. The number of pyridine rings is 1. The summed E-state index contributed by atoms with van der Waals surface area (Å²) in [5.74, 6) is -1.19. The van der Waals surface area contributed by atoms with E-state index in [1.54, 1.807) is 0 Å². The van der Waals surface area contributed by atoms with E-state index in [-0.39, 0.29) is 0 Å². The summed E-state index contributed by atoms with van der Waals surface area (Å²) >= 11 is 5.18. The predicted molar refractivity (Wildman–Crippen MR) is 56.0 cm³/mol. The monoisotopic (exact) mass is 268 g/mol. The first-order valence-electron chi connectivity index (χ1n) is 4.39. The van der Waals surface area contributed by atoms with Gasteiger partial charge in [-0.15, -0.1) is 11.6 Å². The third-order valence-electron chi connectivity index (χ3n) is 1.91. The second-order valence-corrected chi connectivity index (χ2v) is 3.51. The van der Waals surface area contributed by atoms with Crippen LogP contribution in [0, 0.1) is 0 Å². The molecule has 1 aromatic heterocycles. The normalized spacial score (nSPS) is 11.4. The Hall–Kier alpha value is -1.50. The number of carbonyl (C=O) groups is 1. The summed E-state index contributed by atoms with van der Waals surface area (Å²) in [6.45, 7) is 0. The summed E-state index contributed by atoms with van der Waals surface area (Å²) < 4.78 is 38.1. The van der Waals surface area contributed by atoms with Gasteiger partial charge in [0.05, 0.1) is 5.56 Å². The number of aromatic nitrogens is 1. The standard InChI is InChI=1S/C9H8ClF3N2O2/c1-15-4-5(9(11,12)13)2-6(8(15)17)14-7(16)3-10/h2,4H,3H2,1H3,(H,14,16). The van der Waals surface area contributed by atoms with Crippen molar-refractivity contribution in [1.29, 1.82) is 0 Å². The minimum absolute atomic E-state index is 0.445. The molecule has 0 saturated carbocycles. The summed E-state index contributed by atoms with van der Waals surface area (Å²) in [7, 11) is 1.16. The fourth-order valence-electron chi connectivity index (χ4n) is 1.14. The fourth-order valence-corrected chi connectivity index (χ4v) is 1.21. The Labute approximate surface area is 99.0 Å². The number of hydrogen-bond acceptors (Lipinski definition) is 2. The molecule has 0 aliphatic carbocycles. The highest BCUT2D eigenvalue weighted by Gasteiger charge is 2.32. The Morgan fingerprint density at radius 3 is 2.59 bits per heavy atom. The van der Waals surface area contributed by atoms with Gasteiger partial charge in [0.2, 0.25) is 5.91 Å². The molecule has 0 fully saturated rings. The van der Waals surface area contributed by atoms with Gasteiger partial charge in [-0.05, 0) is 6.07 Å². The number of aryl methyl sites for hydroxylation is 1. The average molecular weight is 269 g/mol. The molecule has 0 radical (unpaired) electrons. The average Bonchev–Trinajstić information content (AvgIpc) is 2.22. The van der Waals surface area contributed by atoms with Crippen LogP contribution in [0.25, 0.3) is 0 Å². The Morgan fingerprint density at radius 1 is 1.53 bits per heavy atom. The smallest absolute Gasteiger partial charge is 0.320 e. The molecule has 0 atom stereocenters.